The van der Waals surface area contributed by atoms with Gasteiger partial charge in [-0.25, -0.2) is 0 Å². The van der Waals surface area contributed by atoms with Gasteiger partial charge in [0.1, 0.15) is 0 Å². The predicted molar refractivity (Wildman–Crippen MR) is 78.2 cm³/mol. The fraction of sp³-hybridized carbons (Fsp3) is 0.600. The lowest BCUT2D eigenvalue weighted by molar-refractivity contribution is 0.196. The molecule has 1 aromatic rings. The van der Waals surface area contributed by atoms with Crippen LogP contribution in [-0.2, 0) is 11.3 Å². The second-order valence-corrected chi connectivity index (χ2v) is 4.61. The molecule has 0 aliphatic heterocycles. The number of methoxy groups -OCH3 is 1. The molecule has 1 aromatic carbocycles. The zero-order valence-electron chi connectivity index (χ0n) is 11.9. The van der Waals surface area contributed by atoms with Crippen LogP contribution in [0.15, 0.2) is 24.3 Å². The molecule has 0 fully saturated rings. The summed E-state index contributed by atoms with van der Waals surface area (Å²) in [5.74, 6) is 0. The molecule has 18 heavy (non-hydrogen) atoms. The van der Waals surface area contributed by atoms with E-state index in [-0.39, 0.29) is 0 Å². The van der Waals surface area contributed by atoms with E-state index in [0.717, 1.165) is 32.7 Å². The Balaban J connectivity index is 2.38. The molecule has 0 radical (unpaired) electrons. The molecule has 3 heteroatoms. The molecule has 102 valence electrons. The number of anilines is 1. The Morgan fingerprint density at radius 3 is 2.56 bits per heavy atom. The van der Waals surface area contributed by atoms with Gasteiger partial charge < -0.3 is 15.0 Å². The van der Waals surface area contributed by atoms with Crippen molar-refractivity contribution in [3.8, 4) is 0 Å². The fourth-order valence-corrected chi connectivity index (χ4v) is 1.85. The molecule has 0 aliphatic rings. The Bertz CT molecular complexity index is 311. The van der Waals surface area contributed by atoms with E-state index in [1.807, 2.05) is 0 Å². The lowest BCUT2D eigenvalue weighted by atomic mass is 10.2. The van der Waals surface area contributed by atoms with Crippen molar-refractivity contribution in [3.63, 3.8) is 0 Å². The van der Waals surface area contributed by atoms with Gasteiger partial charge in [-0.15, -0.1) is 0 Å². The molecule has 0 amide bonds. The minimum Gasteiger partial charge on any atom is -0.385 e. The molecule has 0 saturated carbocycles. The maximum absolute atomic E-state index is 5.07. The van der Waals surface area contributed by atoms with Crippen LogP contribution in [-0.4, -0.2) is 33.9 Å². The molecule has 0 atom stereocenters. The van der Waals surface area contributed by atoms with Gasteiger partial charge in [-0.3, -0.25) is 0 Å². The Morgan fingerprint density at radius 1 is 1.22 bits per heavy atom. The summed E-state index contributed by atoms with van der Waals surface area (Å²) < 4.78 is 5.07. The highest BCUT2D eigenvalue weighted by Crippen LogP contribution is 2.14. The van der Waals surface area contributed by atoms with Gasteiger partial charge in [0.2, 0.25) is 0 Å². The number of rotatable bonds is 9. The van der Waals surface area contributed by atoms with Gasteiger partial charge in [-0.1, -0.05) is 19.1 Å². The summed E-state index contributed by atoms with van der Waals surface area (Å²) in [6, 6.07) is 8.78. The average Bonchev–Trinajstić information content (AvgIpc) is 2.40. The second kappa shape index (κ2) is 8.95. The molecule has 1 N–H and O–H groups in total. The van der Waals surface area contributed by atoms with Crippen molar-refractivity contribution in [2.24, 2.45) is 0 Å². The van der Waals surface area contributed by atoms with E-state index in [9.17, 15) is 0 Å². The summed E-state index contributed by atoms with van der Waals surface area (Å²) in [7, 11) is 3.87. The number of nitrogens with one attached hydrogen (secondary N) is 1. The molecular weight excluding hydrogens is 224 g/mol. The number of nitrogens with zero attached hydrogens (tertiary/aromatic N) is 1. The van der Waals surface area contributed by atoms with Crippen LogP contribution < -0.4 is 10.2 Å². The van der Waals surface area contributed by atoms with Gasteiger partial charge >= 0.3 is 0 Å². The van der Waals surface area contributed by atoms with E-state index in [0.29, 0.717) is 0 Å². The van der Waals surface area contributed by atoms with Gasteiger partial charge in [-0.2, -0.15) is 0 Å². The van der Waals surface area contributed by atoms with Crippen molar-refractivity contribution in [1.29, 1.82) is 0 Å². The summed E-state index contributed by atoms with van der Waals surface area (Å²) in [5, 5.41) is 3.41. The molecule has 0 bridgehead atoms. The van der Waals surface area contributed by atoms with Gasteiger partial charge in [0.05, 0.1) is 0 Å². The normalized spacial score (nSPS) is 10.6. The standard InChI is InChI=1S/C15H26N2O/c1-4-10-16-13-14-6-8-15(9-7-14)17(2)11-5-12-18-3/h6-9,16H,4-5,10-13H2,1-3H3. The van der Waals surface area contributed by atoms with E-state index in [4.69, 9.17) is 4.74 Å². The molecule has 0 aromatic heterocycles. The van der Waals surface area contributed by atoms with Crippen molar-refractivity contribution in [2.75, 3.05) is 38.8 Å². The Morgan fingerprint density at radius 2 is 1.94 bits per heavy atom. The first-order valence-corrected chi connectivity index (χ1v) is 6.77. The van der Waals surface area contributed by atoms with Crippen LogP contribution in [0.4, 0.5) is 5.69 Å². The Labute approximate surface area is 111 Å². The van der Waals surface area contributed by atoms with Crippen molar-refractivity contribution in [3.05, 3.63) is 29.8 Å². The molecule has 1 rings (SSSR count). The monoisotopic (exact) mass is 250 g/mol. The summed E-state index contributed by atoms with van der Waals surface area (Å²) in [5.41, 5.74) is 2.61. The number of hydrogen-bond donors (Lipinski definition) is 1. The number of hydrogen-bond acceptors (Lipinski definition) is 3. The van der Waals surface area contributed by atoms with Crippen molar-refractivity contribution < 1.29 is 4.74 Å². The van der Waals surface area contributed by atoms with E-state index in [1.54, 1.807) is 7.11 Å². The van der Waals surface area contributed by atoms with Gasteiger partial charge in [0, 0.05) is 39.5 Å². The summed E-state index contributed by atoms with van der Waals surface area (Å²) in [4.78, 5) is 2.27. The Hall–Kier alpha value is -1.06. The molecule has 3 nitrogen and oxygen atoms in total. The maximum Gasteiger partial charge on any atom is 0.0479 e. The van der Waals surface area contributed by atoms with Gasteiger partial charge in [0.15, 0.2) is 0 Å². The molecular formula is C15H26N2O. The van der Waals surface area contributed by atoms with Crippen LogP contribution >= 0.6 is 0 Å². The van der Waals surface area contributed by atoms with Crippen LogP contribution in [0.1, 0.15) is 25.3 Å². The van der Waals surface area contributed by atoms with E-state index in [2.05, 4.69) is 48.5 Å². The third-order valence-corrected chi connectivity index (χ3v) is 2.98. The van der Waals surface area contributed by atoms with Crippen LogP contribution in [0.3, 0.4) is 0 Å². The third kappa shape index (κ3) is 5.52. The third-order valence-electron chi connectivity index (χ3n) is 2.98. The van der Waals surface area contributed by atoms with Crippen molar-refractivity contribution in [2.45, 2.75) is 26.3 Å². The molecule has 0 spiro atoms. The molecule has 0 aliphatic carbocycles. The highest BCUT2D eigenvalue weighted by Gasteiger charge is 2.00. The van der Waals surface area contributed by atoms with Crippen molar-refractivity contribution >= 4 is 5.69 Å². The Kier molecular flexibility index (Phi) is 7.46. The van der Waals surface area contributed by atoms with Crippen LogP contribution in [0.25, 0.3) is 0 Å². The SMILES string of the molecule is CCCNCc1ccc(N(C)CCCOC)cc1. The summed E-state index contributed by atoms with van der Waals surface area (Å²) in [6.07, 6.45) is 2.24. The average molecular weight is 250 g/mol. The molecule has 0 saturated heterocycles. The quantitative estimate of drug-likeness (QED) is 0.682. The highest BCUT2D eigenvalue weighted by atomic mass is 16.5. The van der Waals surface area contributed by atoms with E-state index >= 15 is 0 Å². The van der Waals surface area contributed by atoms with Crippen LogP contribution in [0.5, 0.6) is 0 Å². The number of benzene rings is 1. The minimum absolute atomic E-state index is 0.823. The van der Waals surface area contributed by atoms with Crippen molar-refractivity contribution in [1.82, 2.24) is 5.32 Å². The first-order valence-electron chi connectivity index (χ1n) is 6.77. The lowest BCUT2D eigenvalue weighted by Gasteiger charge is -2.19. The summed E-state index contributed by atoms with van der Waals surface area (Å²) >= 11 is 0. The fourth-order valence-electron chi connectivity index (χ4n) is 1.85. The zero-order chi connectivity index (χ0) is 13.2. The van der Waals surface area contributed by atoms with Gasteiger partial charge in [0.25, 0.3) is 0 Å². The zero-order valence-corrected chi connectivity index (χ0v) is 11.9. The smallest absolute Gasteiger partial charge is 0.0479 e. The summed E-state index contributed by atoms with van der Waals surface area (Å²) in [6.45, 7) is 6.08. The second-order valence-electron chi connectivity index (χ2n) is 4.61. The largest absolute Gasteiger partial charge is 0.385 e. The maximum atomic E-state index is 5.07. The van der Waals surface area contributed by atoms with E-state index in [1.165, 1.54) is 17.7 Å². The molecule has 0 heterocycles. The van der Waals surface area contributed by atoms with Crippen LogP contribution in [0, 0.1) is 0 Å². The topological polar surface area (TPSA) is 24.5 Å². The van der Waals surface area contributed by atoms with E-state index < -0.39 is 0 Å². The first-order chi connectivity index (χ1) is 8.77. The minimum atomic E-state index is 0.823. The lowest BCUT2D eigenvalue weighted by Crippen LogP contribution is -2.19. The van der Waals surface area contributed by atoms with Gasteiger partial charge in [-0.05, 0) is 37.1 Å². The predicted octanol–water partition coefficient (Wildman–Crippen LogP) is 2.66. The molecule has 0 unspecified atom stereocenters. The highest BCUT2D eigenvalue weighted by molar-refractivity contribution is 5.46. The first kappa shape index (κ1) is 15.0. The van der Waals surface area contributed by atoms with Crippen LogP contribution in [0.2, 0.25) is 0 Å². The number of ether oxygens (including phenoxy) is 1.